The highest BCUT2D eigenvalue weighted by atomic mass is 35.5. The fourth-order valence-corrected chi connectivity index (χ4v) is 5.92. The Kier molecular flexibility index (Phi) is 11.0. The van der Waals surface area contributed by atoms with Crippen molar-refractivity contribution < 1.29 is 47.6 Å². The number of phenols is 1. The summed E-state index contributed by atoms with van der Waals surface area (Å²) in [4.78, 5) is 0.199. The van der Waals surface area contributed by atoms with Crippen LogP contribution in [0.3, 0.4) is 0 Å². The minimum Gasteiger partial charge on any atom is -0.508 e. The van der Waals surface area contributed by atoms with Crippen LogP contribution < -0.4 is 0 Å². The lowest BCUT2D eigenvalue weighted by Crippen LogP contribution is -2.55. The van der Waals surface area contributed by atoms with Gasteiger partial charge < -0.3 is 35.0 Å². The topological polar surface area (TPSA) is 163 Å². The van der Waals surface area contributed by atoms with E-state index in [0.717, 1.165) is 16.7 Å². The van der Waals surface area contributed by atoms with Crippen molar-refractivity contribution in [2.24, 2.45) is 0 Å². The second kappa shape index (κ2) is 14.3. The largest absolute Gasteiger partial charge is 0.508 e. The zero-order chi connectivity index (χ0) is 30.4. The van der Waals surface area contributed by atoms with Gasteiger partial charge in [0.2, 0.25) is 0 Å². The van der Waals surface area contributed by atoms with Crippen LogP contribution in [0.25, 0.3) is 0 Å². The molecule has 2 heterocycles. The van der Waals surface area contributed by atoms with E-state index in [0.29, 0.717) is 36.6 Å². The van der Waals surface area contributed by atoms with E-state index in [2.05, 4.69) is 0 Å². The predicted molar refractivity (Wildman–Crippen MR) is 154 cm³/mol. The van der Waals surface area contributed by atoms with Crippen molar-refractivity contribution in [3.05, 3.63) is 94.0 Å². The molecule has 5 rings (SSSR count). The Labute approximate surface area is 249 Å². The van der Waals surface area contributed by atoms with Gasteiger partial charge in [0, 0.05) is 18.1 Å². The Morgan fingerprint density at radius 1 is 0.952 bits per heavy atom. The summed E-state index contributed by atoms with van der Waals surface area (Å²) in [5, 5.41) is 49.4. The number of benzene rings is 3. The number of aryl methyl sites for hydroxylation is 1. The molecule has 0 bridgehead atoms. The van der Waals surface area contributed by atoms with Gasteiger partial charge in [-0.3, -0.25) is 4.18 Å². The molecule has 0 aromatic heterocycles. The Hall–Kier alpha value is -2.58. The molecule has 10 nitrogen and oxygen atoms in total. The molecule has 0 aliphatic carbocycles. The molecule has 3 aromatic rings. The third-order valence-corrected chi connectivity index (χ3v) is 8.83. The van der Waals surface area contributed by atoms with E-state index in [1.807, 2.05) is 6.92 Å². The molecule has 2 fully saturated rings. The van der Waals surface area contributed by atoms with E-state index in [-0.39, 0.29) is 16.7 Å². The third-order valence-electron chi connectivity index (χ3n) is 7.08. The Balaban J connectivity index is 0.000000216. The summed E-state index contributed by atoms with van der Waals surface area (Å²) in [5.74, 6) is 0.176. The zero-order valence-electron chi connectivity index (χ0n) is 22.9. The minimum absolute atomic E-state index is 0.176. The molecule has 42 heavy (non-hydrogen) atoms. The number of ether oxygens (including phenoxy) is 2. The molecule has 12 heteroatoms. The fourth-order valence-electron chi connectivity index (χ4n) is 4.65. The third kappa shape index (κ3) is 8.07. The molecule has 2 unspecified atom stereocenters. The molecule has 228 valence electrons. The molecule has 3 aromatic carbocycles. The zero-order valence-corrected chi connectivity index (χ0v) is 24.5. The van der Waals surface area contributed by atoms with Crippen LogP contribution in [0.1, 0.15) is 34.8 Å². The highest BCUT2D eigenvalue weighted by Crippen LogP contribution is 2.34. The lowest BCUT2D eigenvalue weighted by atomic mass is 9.90. The van der Waals surface area contributed by atoms with Gasteiger partial charge in [-0.1, -0.05) is 53.6 Å². The molecule has 0 radical (unpaired) electrons. The summed E-state index contributed by atoms with van der Waals surface area (Å²) in [6.45, 7) is 2.34. The first-order valence-corrected chi connectivity index (χ1v) is 15.2. The van der Waals surface area contributed by atoms with E-state index < -0.39 is 47.2 Å². The molecule has 0 saturated carbocycles. The lowest BCUT2D eigenvalue weighted by Gasteiger charge is -2.40. The monoisotopic (exact) mass is 622 g/mol. The maximum absolute atomic E-state index is 11.8. The SMILES string of the molecule is Cc1ccc(S(=O)(=O)OC2CCOC2)cc1.OC[C@H]1OC(c2ccc(Cl)c(Cc3ccc(O)cc3)c2)[C@H](O)[C@@H](O)[C@@H]1O. The molecular weight excluding hydrogens is 588 g/mol. The molecule has 5 N–H and O–H groups in total. The molecule has 0 spiro atoms. The number of aliphatic hydroxyl groups excluding tert-OH is 4. The quantitative estimate of drug-likeness (QED) is 0.248. The number of rotatable bonds is 7. The highest BCUT2D eigenvalue weighted by Gasteiger charge is 2.44. The van der Waals surface area contributed by atoms with Gasteiger partial charge in [0.25, 0.3) is 10.1 Å². The molecule has 2 aliphatic heterocycles. The van der Waals surface area contributed by atoms with Gasteiger partial charge in [0.05, 0.1) is 18.1 Å². The van der Waals surface area contributed by atoms with Crippen LogP contribution in [0.15, 0.2) is 71.6 Å². The van der Waals surface area contributed by atoms with E-state index in [1.54, 1.807) is 66.7 Å². The molecular formula is C30H35ClO10S. The van der Waals surface area contributed by atoms with Crippen molar-refractivity contribution in [1.82, 2.24) is 0 Å². The fraction of sp³-hybridized carbons (Fsp3) is 0.400. The summed E-state index contributed by atoms with van der Waals surface area (Å²) < 4.78 is 39.4. The highest BCUT2D eigenvalue weighted by molar-refractivity contribution is 7.86. The number of phenolic OH excluding ortho intramolecular Hbond substituents is 1. The van der Waals surface area contributed by atoms with Crippen molar-refractivity contribution >= 4 is 21.7 Å². The number of hydrogen-bond acceptors (Lipinski definition) is 10. The molecule has 2 aliphatic rings. The van der Waals surface area contributed by atoms with E-state index >= 15 is 0 Å². The van der Waals surface area contributed by atoms with Gasteiger partial charge in [-0.15, -0.1) is 0 Å². The van der Waals surface area contributed by atoms with E-state index in [1.165, 1.54) is 0 Å². The van der Waals surface area contributed by atoms with Gasteiger partial charge in [-0.05, 0) is 60.4 Å². The van der Waals surface area contributed by atoms with Gasteiger partial charge in [-0.25, -0.2) is 0 Å². The van der Waals surface area contributed by atoms with Crippen molar-refractivity contribution in [2.45, 2.75) is 61.3 Å². The number of aliphatic hydroxyl groups is 4. The number of halogens is 1. The maximum atomic E-state index is 11.8. The van der Waals surface area contributed by atoms with Crippen molar-refractivity contribution in [3.63, 3.8) is 0 Å². The minimum atomic E-state index is -3.64. The van der Waals surface area contributed by atoms with Gasteiger partial charge in [-0.2, -0.15) is 8.42 Å². The first-order chi connectivity index (χ1) is 20.0. The van der Waals surface area contributed by atoms with E-state index in [9.17, 15) is 34.0 Å². The summed E-state index contributed by atoms with van der Waals surface area (Å²) in [6.07, 6.45) is -5.23. The number of aromatic hydroxyl groups is 1. The van der Waals surface area contributed by atoms with Crippen LogP contribution in [-0.2, 0) is 30.2 Å². The van der Waals surface area contributed by atoms with Crippen LogP contribution in [-0.4, -0.2) is 84.3 Å². The maximum Gasteiger partial charge on any atom is 0.297 e. The van der Waals surface area contributed by atoms with Crippen molar-refractivity contribution in [2.75, 3.05) is 19.8 Å². The Morgan fingerprint density at radius 3 is 2.26 bits per heavy atom. The summed E-state index contributed by atoms with van der Waals surface area (Å²) in [7, 11) is -3.64. The molecule has 2 saturated heterocycles. The van der Waals surface area contributed by atoms with Crippen molar-refractivity contribution in [3.8, 4) is 5.75 Å². The van der Waals surface area contributed by atoms with Gasteiger partial charge >= 0.3 is 0 Å². The predicted octanol–water partition coefficient (Wildman–Crippen LogP) is 2.64. The van der Waals surface area contributed by atoms with Crippen LogP contribution >= 0.6 is 11.6 Å². The smallest absolute Gasteiger partial charge is 0.297 e. The standard InChI is InChI=1S/C19H21ClO6.C11H14O4S/c20-14-6-3-11(8-12(14)7-10-1-4-13(22)5-2-10)19-18(25)17(24)16(23)15(9-21)26-19;1-9-2-4-11(5-3-9)16(12,13)15-10-6-7-14-8-10/h1-6,8,15-19,21-25H,7,9H2;2-5,10H,6-8H2,1H3/t15-,16-,17+,18-,19?;/m1./s1. The van der Waals surface area contributed by atoms with Crippen LogP contribution in [0.4, 0.5) is 0 Å². The van der Waals surface area contributed by atoms with Crippen LogP contribution in [0.2, 0.25) is 5.02 Å². The first kappa shape index (κ1) is 32.3. The average Bonchev–Trinajstić information content (AvgIpc) is 3.47. The van der Waals surface area contributed by atoms with Crippen LogP contribution in [0, 0.1) is 6.92 Å². The number of hydrogen-bond donors (Lipinski definition) is 5. The normalized spacial score (nSPS) is 26.0. The van der Waals surface area contributed by atoms with E-state index in [4.69, 9.17) is 25.3 Å². The molecule has 6 atom stereocenters. The molecule has 0 amide bonds. The second-order valence-corrected chi connectivity index (χ2v) is 12.3. The Bertz CT molecular complexity index is 1410. The first-order valence-electron chi connectivity index (χ1n) is 13.4. The van der Waals surface area contributed by atoms with Gasteiger partial charge in [0.1, 0.15) is 42.4 Å². The average molecular weight is 623 g/mol. The van der Waals surface area contributed by atoms with Crippen molar-refractivity contribution in [1.29, 1.82) is 0 Å². The summed E-state index contributed by atoms with van der Waals surface area (Å²) in [5.41, 5.74) is 3.32. The second-order valence-electron chi connectivity index (χ2n) is 10.3. The van der Waals surface area contributed by atoms with Gasteiger partial charge in [0.15, 0.2) is 0 Å². The summed E-state index contributed by atoms with van der Waals surface area (Å²) >= 11 is 6.28. The summed E-state index contributed by atoms with van der Waals surface area (Å²) in [6, 6.07) is 18.5. The lowest BCUT2D eigenvalue weighted by molar-refractivity contribution is -0.231. The Morgan fingerprint density at radius 2 is 1.64 bits per heavy atom. The van der Waals surface area contributed by atoms with Crippen LogP contribution in [0.5, 0.6) is 5.75 Å².